The Hall–Kier alpha value is -0.410. The lowest BCUT2D eigenvalue weighted by Gasteiger charge is -2.24. The molecule has 1 heterocycles. The molecule has 0 unspecified atom stereocenters. The Balaban J connectivity index is 2.77. The summed E-state index contributed by atoms with van der Waals surface area (Å²) in [7, 11) is -2.07. The fraction of sp³-hybridized carbons (Fsp3) is 0.667. The van der Waals surface area contributed by atoms with Crippen molar-refractivity contribution in [1.82, 2.24) is 4.72 Å². The third-order valence-corrected chi connectivity index (χ3v) is 5.13. The molecule has 0 atom stereocenters. The quantitative estimate of drug-likeness (QED) is 0.730. The third-order valence-electron chi connectivity index (χ3n) is 2.88. The van der Waals surface area contributed by atoms with Crippen LogP contribution in [0.4, 0.5) is 0 Å². The van der Waals surface area contributed by atoms with E-state index in [1.54, 1.807) is 7.11 Å². The van der Waals surface area contributed by atoms with Crippen LogP contribution < -0.4 is 4.72 Å². The molecular weight excluding hydrogens is 350 g/mol. The molecule has 0 aliphatic carbocycles. The first-order valence-corrected chi connectivity index (χ1v) is 8.37. The van der Waals surface area contributed by atoms with E-state index in [2.05, 4.69) is 20.7 Å². The molecule has 0 aliphatic heterocycles. The number of aliphatic hydroxyl groups is 1. The number of hydrogen-bond acceptors (Lipinski definition) is 5. The monoisotopic (exact) mass is 369 g/mol. The molecule has 0 radical (unpaired) electrons. The van der Waals surface area contributed by atoms with Gasteiger partial charge >= 0.3 is 0 Å². The van der Waals surface area contributed by atoms with Gasteiger partial charge in [-0.25, -0.2) is 13.1 Å². The summed E-state index contributed by atoms with van der Waals surface area (Å²) in [5.74, 6) is 0.191. The molecular formula is C12H20BrNO5S. The molecule has 1 aromatic rings. The van der Waals surface area contributed by atoms with Crippen LogP contribution in [0.1, 0.15) is 26.0 Å². The van der Waals surface area contributed by atoms with E-state index in [0.717, 1.165) is 6.42 Å². The second-order valence-corrected chi connectivity index (χ2v) is 7.70. The van der Waals surface area contributed by atoms with E-state index in [9.17, 15) is 8.42 Å². The normalized spacial score (nSPS) is 12.8. The molecule has 0 aromatic carbocycles. The van der Waals surface area contributed by atoms with Crippen molar-refractivity contribution in [2.45, 2.75) is 31.8 Å². The molecule has 6 nitrogen and oxygen atoms in total. The molecule has 0 saturated heterocycles. The highest BCUT2D eigenvalue weighted by Crippen LogP contribution is 2.27. The Morgan fingerprint density at radius 3 is 2.65 bits per heavy atom. The van der Waals surface area contributed by atoms with Crippen LogP contribution in [0.5, 0.6) is 0 Å². The van der Waals surface area contributed by atoms with Gasteiger partial charge in [0.15, 0.2) is 4.67 Å². The fourth-order valence-electron chi connectivity index (χ4n) is 1.49. The van der Waals surface area contributed by atoms with Crippen molar-refractivity contribution in [3.8, 4) is 0 Å². The highest BCUT2D eigenvalue weighted by Gasteiger charge is 2.26. The maximum atomic E-state index is 12.2. The highest BCUT2D eigenvalue weighted by molar-refractivity contribution is 9.10. The van der Waals surface area contributed by atoms with Crippen LogP contribution in [0.15, 0.2) is 20.0 Å². The lowest BCUT2D eigenvalue weighted by molar-refractivity contribution is 0.153. The molecule has 0 spiro atoms. The van der Waals surface area contributed by atoms with Crippen molar-refractivity contribution >= 4 is 26.0 Å². The van der Waals surface area contributed by atoms with Gasteiger partial charge in [-0.3, -0.25) is 0 Å². The fourth-order valence-corrected chi connectivity index (χ4v) is 3.73. The molecule has 0 saturated carbocycles. The molecule has 1 rings (SSSR count). The predicted molar refractivity (Wildman–Crippen MR) is 77.8 cm³/mol. The summed E-state index contributed by atoms with van der Waals surface area (Å²) in [6, 6.07) is 1.30. The van der Waals surface area contributed by atoms with Crippen molar-refractivity contribution in [2.24, 2.45) is 5.41 Å². The molecule has 2 N–H and O–H groups in total. The van der Waals surface area contributed by atoms with E-state index in [4.69, 9.17) is 14.3 Å². The van der Waals surface area contributed by atoms with Gasteiger partial charge in [-0.15, -0.1) is 0 Å². The molecule has 116 valence electrons. The van der Waals surface area contributed by atoms with Gasteiger partial charge in [-0.1, -0.05) is 13.8 Å². The van der Waals surface area contributed by atoms with Crippen LogP contribution in [0.25, 0.3) is 0 Å². The van der Waals surface area contributed by atoms with E-state index < -0.39 is 10.0 Å². The largest absolute Gasteiger partial charge is 0.450 e. The van der Waals surface area contributed by atoms with E-state index in [0.29, 0.717) is 6.61 Å². The molecule has 20 heavy (non-hydrogen) atoms. The van der Waals surface area contributed by atoms with E-state index in [-0.39, 0.29) is 33.9 Å². The Morgan fingerprint density at radius 2 is 2.15 bits per heavy atom. The summed E-state index contributed by atoms with van der Waals surface area (Å²) in [5, 5.41) is 8.95. The van der Waals surface area contributed by atoms with Crippen molar-refractivity contribution < 1.29 is 22.7 Å². The smallest absolute Gasteiger partial charge is 0.244 e. The number of rotatable bonds is 8. The van der Waals surface area contributed by atoms with Crippen molar-refractivity contribution in [1.29, 1.82) is 0 Å². The third kappa shape index (κ3) is 4.85. The van der Waals surface area contributed by atoms with Gasteiger partial charge in [0, 0.05) is 26.3 Å². The van der Waals surface area contributed by atoms with Crippen molar-refractivity contribution in [3.63, 3.8) is 0 Å². The number of halogens is 1. The van der Waals surface area contributed by atoms with E-state index >= 15 is 0 Å². The van der Waals surface area contributed by atoms with Gasteiger partial charge < -0.3 is 14.3 Å². The first-order chi connectivity index (χ1) is 9.22. The molecule has 0 amide bonds. The van der Waals surface area contributed by atoms with Crippen LogP contribution in [0.3, 0.4) is 0 Å². The van der Waals surface area contributed by atoms with Crippen LogP contribution >= 0.6 is 15.9 Å². The minimum absolute atomic E-state index is 0.0101. The first kappa shape index (κ1) is 17.6. The minimum atomic E-state index is -3.68. The molecule has 0 bridgehead atoms. The van der Waals surface area contributed by atoms with Gasteiger partial charge in [-0.05, 0) is 27.8 Å². The van der Waals surface area contributed by atoms with Crippen LogP contribution in [0, 0.1) is 5.41 Å². The number of nitrogens with one attached hydrogen (secondary N) is 1. The maximum Gasteiger partial charge on any atom is 0.244 e. The second-order valence-electron chi connectivity index (χ2n) is 5.24. The van der Waals surface area contributed by atoms with Crippen LogP contribution in [-0.2, 0) is 21.4 Å². The van der Waals surface area contributed by atoms with E-state index in [1.807, 2.05) is 13.8 Å². The van der Waals surface area contributed by atoms with Crippen LogP contribution in [-0.4, -0.2) is 33.8 Å². The molecule has 0 aliphatic rings. The summed E-state index contributed by atoms with van der Waals surface area (Å²) in [6.07, 6.45) is 0.737. The number of hydrogen-bond donors (Lipinski definition) is 2. The highest BCUT2D eigenvalue weighted by atomic mass is 79.9. The average molecular weight is 370 g/mol. The zero-order valence-electron chi connectivity index (χ0n) is 11.8. The maximum absolute atomic E-state index is 12.2. The predicted octanol–water partition coefficient (Wildman–Crippen LogP) is 1.88. The van der Waals surface area contributed by atoms with Crippen LogP contribution in [0.2, 0.25) is 0 Å². The minimum Gasteiger partial charge on any atom is -0.450 e. The summed E-state index contributed by atoms with van der Waals surface area (Å²) < 4.78 is 37.1. The zero-order valence-corrected chi connectivity index (χ0v) is 14.2. The Labute approximate surface area is 127 Å². The van der Waals surface area contributed by atoms with Crippen molar-refractivity contribution in [2.75, 3.05) is 20.3 Å². The van der Waals surface area contributed by atoms with E-state index in [1.165, 1.54) is 6.07 Å². The Bertz CT molecular complexity index is 538. The summed E-state index contributed by atoms with van der Waals surface area (Å²) in [5.41, 5.74) is -0.223. The number of methoxy groups -OCH3 is 1. The summed E-state index contributed by atoms with van der Waals surface area (Å²) in [6.45, 7) is 4.41. The van der Waals surface area contributed by atoms with Gasteiger partial charge in [0.25, 0.3) is 0 Å². The average Bonchev–Trinajstić information content (AvgIpc) is 2.77. The zero-order chi connectivity index (χ0) is 15.4. The molecule has 0 fully saturated rings. The number of aliphatic hydroxyl groups excluding tert-OH is 1. The standard InChI is InChI=1S/C12H20BrNO5S/c1-12(2,4-5-18-3)8-14-20(16,17)10-6-9(7-15)19-11(10)13/h6,14-15H,4-5,7-8H2,1-3H3. The Morgan fingerprint density at radius 1 is 1.50 bits per heavy atom. The number of sulfonamides is 1. The Kier molecular flexibility index (Phi) is 6.21. The molecule has 1 aromatic heterocycles. The van der Waals surface area contributed by atoms with Gasteiger partial charge in [0.05, 0.1) is 0 Å². The molecule has 8 heteroatoms. The topological polar surface area (TPSA) is 88.8 Å². The van der Waals surface area contributed by atoms with Gasteiger partial charge in [-0.2, -0.15) is 0 Å². The number of ether oxygens (including phenoxy) is 1. The lowest BCUT2D eigenvalue weighted by atomic mass is 9.90. The van der Waals surface area contributed by atoms with Gasteiger partial charge in [0.1, 0.15) is 17.3 Å². The second kappa shape index (κ2) is 7.04. The SMILES string of the molecule is COCCC(C)(C)CNS(=O)(=O)c1cc(CO)oc1Br. The summed E-state index contributed by atoms with van der Waals surface area (Å²) in [4.78, 5) is -0.0101. The first-order valence-electron chi connectivity index (χ1n) is 6.09. The van der Waals surface area contributed by atoms with Gasteiger partial charge in [0.2, 0.25) is 10.0 Å². The number of furan rings is 1. The summed E-state index contributed by atoms with van der Waals surface area (Å²) >= 11 is 3.04. The van der Waals surface area contributed by atoms with Crippen molar-refractivity contribution in [3.05, 3.63) is 16.5 Å². The lowest BCUT2D eigenvalue weighted by Crippen LogP contribution is -2.34.